The van der Waals surface area contributed by atoms with Crippen molar-refractivity contribution in [3.05, 3.63) is 230 Å². The summed E-state index contributed by atoms with van der Waals surface area (Å²) in [6, 6.07) is 48.3. The molecule has 0 atom stereocenters. The van der Waals surface area contributed by atoms with Gasteiger partial charge >= 0.3 is 0 Å². The molecule has 0 bridgehead atoms. The van der Waals surface area contributed by atoms with Gasteiger partial charge in [-0.1, -0.05) is 153 Å². The van der Waals surface area contributed by atoms with E-state index in [9.17, 15) is 19.5 Å². The van der Waals surface area contributed by atoms with E-state index in [0.717, 1.165) is 149 Å². The number of rotatable bonds is 21. The van der Waals surface area contributed by atoms with Gasteiger partial charge in [0.05, 0.1) is 30.9 Å². The lowest BCUT2D eigenvalue weighted by Gasteiger charge is -2.13. The third kappa shape index (κ3) is 14.6. The van der Waals surface area contributed by atoms with Gasteiger partial charge < -0.3 is 45.5 Å². The van der Waals surface area contributed by atoms with Gasteiger partial charge in [0.2, 0.25) is 0 Å². The molecule has 0 fully saturated rings. The maximum Gasteiger partial charge on any atom is 0.251 e. The van der Waals surface area contributed by atoms with Crippen LogP contribution >= 0.6 is 0 Å². The van der Waals surface area contributed by atoms with E-state index in [1.165, 1.54) is 27.9 Å². The van der Waals surface area contributed by atoms with Crippen LogP contribution in [-0.2, 0) is 58.2 Å². The molecule has 0 aliphatic heterocycles. The molecule has 0 spiro atoms. The zero-order valence-electron chi connectivity index (χ0n) is 51.0. The Morgan fingerprint density at radius 3 is 0.988 bits per heavy atom. The highest BCUT2D eigenvalue weighted by Gasteiger charge is 2.27. The van der Waals surface area contributed by atoms with E-state index >= 15 is 0 Å². The predicted octanol–water partition coefficient (Wildman–Crippen LogP) is 14.1. The van der Waals surface area contributed by atoms with Gasteiger partial charge in [0.25, 0.3) is 17.7 Å². The molecular formula is C72H84N6O6. The zero-order chi connectivity index (χ0) is 60.8. The molecule has 9 rings (SSSR count). The zero-order valence-corrected chi connectivity index (χ0v) is 51.0. The number of phenols is 1. The Morgan fingerprint density at radius 2 is 0.714 bits per heavy atom. The number of aryl methyl sites for hydroxylation is 6. The molecule has 0 unspecified atom stereocenters. The minimum absolute atomic E-state index is 0.267. The second-order valence-corrected chi connectivity index (χ2v) is 21.6. The van der Waals surface area contributed by atoms with E-state index in [1.807, 2.05) is 94.4 Å². The molecular weight excluding hydrogens is 1040 g/mol. The van der Waals surface area contributed by atoms with Crippen molar-refractivity contribution in [1.82, 2.24) is 13.7 Å². The Morgan fingerprint density at radius 1 is 0.417 bits per heavy atom. The van der Waals surface area contributed by atoms with E-state index < -0.39 is 0 Å². The topological polar surface area (TPSA) is 183 Å². The smallest absolute Gasteiger partial charge is 0.251 e. The first-order chi connectivity index (χ1) is 40.3. The molecule has 3 amide bonds. The number of carbonyl (C=O) groups is 3. The number of nitrogens with zero attached hydrogens (tertiary/aromatic N) is 3. The monoisotopic (exact) mass is 1130 g/mol. The number of primary amides is 3. The van der Waals surface area contributed by atoms with Crippen molar-refractivity contribution in [2.45, 2.75) is 127 Å². The summed E-state index contributed by atoms with van der Waals surface area (Å²) in [5, 5.41) is 9.46. The molecule has 3 aromatic heterocycles. The van der Waals surface area contributed by atoms with Crippen LogP contribution in [0, 0.1) is 41.5 Å². The van der Waals surface area contributed by atoms with Crippen LogP contribution in [0.2, 0.25) is 0 Å². The Hall–Kier alpha value is -9.03. The summed E-state index contributed by atoms with van der Waals surface area (Å²) >= 11 is 0. The number of hydrogen-bond donors (Lipinski definition) is 4. The molecule has 0 aliphatic carbocycles. The van der Waals surface area contributed by atoms with Crippen molar-refractivity contribution < 1.29 is 29.0 Å². The van der Waals surface area contributed by atoms with Gasteiger partial charge in [-0.3, -0.25) is 14.4 Å². The van der Waals surface area contributed by atoms with Crippen LogP contribution in [0.1, 0.15) is 126 Å². The van der Waals surface area contributed by atoms with Crippen LogP contribution in [0.4, 0.5) is 0 Å². The van der Waals surface area contributed by atoms with E-state index in [2.05, 4.69) is 115 Å². The quantitative estimate of drug-likeness (QED) is 0.0555. The second kappa shape index (κ2) is 28.8. The summed E-state index contributed by atoms with van der Waals surface area (Å²) < 4.78 is 17.2. The fraction of sp³-hybridized carbons (Fsp3) is 0.292. The third-order valence-electron chi connectivity index (χ3n) is 15.8. The molecule has 9 aromatic rings. The van der Waals surface area contributed by atoms with Gasteiger partial charge in [-0.25, -0.2) is 0 Å². The van der Waals surface area contributed by atoms with E-state index in [-0.39, 0.29) is 23.5 Å². The molecule has 438 valence electrons. The number of aromatic hydroxyl groups is 1. The van der Waals surface area contributed by atoms with Gasteiger partial charge in [-0.05, 0) is 150 Å². The number of benzene rings is 6. The Kier molecular flexibility index (Phi) is 21.4. The molecule has 0 saturated heterocycles. The van der Waals surface area contributed by atoms with Crippen molar-refractivity contribution >= 4 is 17.7 Å². The van der Waals surface area contributed by atoms with Crippen LogP contribution in [0.3, 0.4) is 0 Å². The van der Waals surface area contributed by atoms with Gasteiger partial charge in [-0.2, -0.15) is 0 Å². The van der Waals surface area contributed by atoms with Crippen LogP contribution in [0.25, 0.3) is 33.4 Å². The number of nitrogens with two attached hydrogens (primary N) is 3. The molecule has 0 saturated carbocycles. The predicted molar refractivity (Wildman–Crippen MR) is 342 cm³/mol. The van der Waals surface area contributed by atoms with Gasteiger partial charge in [0.1, 0.15) is 17.2 Å². The van der Waals surface area contributed by atoms with Crippen molar-refractivity contribution in [3.63, 3.8) is 0 Å². The molecule has 0 aliphatic rings. The molecule has 84 heavy (non-hydrogen) atoms. The molecule has 12 heteroatoms. The highest BCUT2D eigenvalue weighted by atomic mass is 16.5. The number of aromatic nitrogens is 3. The first kappa shape index (κ1) is 62.6. The minimum atomic E-state index is -0.387. The van der Waals surface area contributed by atoms with Crippen LogP contribution in [-0.4, -0.2) is 50.7 Å². The summed E-state index contributed by atoms with van der Waals surface area (Å²) in [4.78, 5) is 37.0. The van der Waals surface area contributed by atoms with E-state index in [4.69, 9.17) is 26.7 Å². The number of hydrogen-bond acceptors (Lipinski definition) is 6. The number of methoxy groups -OCH3 is 2. The SMILES string of the molecule is CCCc1c(-c2cccc(C)c2)c(C(N)=O)c(C)n1CCc1ccc(OC)cc1.CCc1c(-c2cccc(C)c2)c(C(N)=O)c(C)n1CCc1ccc(O)cc1.CCc1c(-c2cccc(C)c2)c(C(N)=O)c(C)n1CCc1ccc(OC)cc1. The summed E-state index contributed by atoms with van der Waals surface area (Å²) in [7, 11) is 3.34. The highest BCUT2D eigenvalue weighted by Crippen LogP contribution is 2.37. The van der Waals surface area contributed by atoms with Crippen molar-refractivity contribution in [1.29, 1.82) is 0 Å². The fourth-order valence-electron chi connectivity index (χ4n) is 11.7. The molecule has 7 N–H and O–H groups in total. The van der Waals surface area contributed by atoms with Crippen molar-refractivity contribution in [2.75, 3.05) is 14.2 Å². The molecule has 12 nitrogen and oxygen atoms in total. The summed E-state index contributed by atoms with van der Waals surface area (Å²) in [5.74, 6) is 0.861. The van der Waals surface area contributed by atoms with E-state index in [0.29, 0.717) is 16.7 Å². The lowest BCUT2D eigenvalue weighted by atomic mass is 9.97. The Labute approximate surface area is 496 Å². The third-order valence-corrected chi connectivity index (χ3v) is 15.8. The van der Waals surface area contributed by atoms with Gasteiger partial charge in [0, 0.05) is 70.5 Å². The second-order valence-electron chi connectivity index (χ2n) is 21.6. The highest BCUT2D eigenvalue weighted by molar-refractivity contribution is 6.04. The molecule has 6 aromatic carbocycles. The summed E-state index contributed by atoms with van der Waals surface area (Å²) in [5.41, 5.74) is 38.8. The van der Waals surface area contributed by atoms with Crippen LogP contribution in [0.5, 0.6) is 17.2 Å². The van der Waals surface area contributed by atoms with Gasteiger partial charge in [0.15, 0.2) is 0 Å². The van der Waals surface area contributed by atoms with Crippen LogP contribution in [0.15, 0.2) is 146 Å². The lowest BCUT2D eigenvalue weighted by molar-refractivity contribution is 0.0991. The Balaban J connectivity index is 0.000000181. The molecule has 3 heterocycles. The number of carbonyl (C=O) groups excluding carboxylic acids is 3. The minimum Gasteiger partial charge on any atom is -0.508 e. The Bertz CT molecular complexity index is 3730. The largest absolute Gasteiger partial charge is 0.508 e. The standard InChI is InChI=1S/C25H30N2O2.C24H28N2O2.C23H26N2O2/c1-5-7-22-24(20-9-6-8-17(2)16-20)23(25(26)28)18(3)27(22)15-14-19-10-12-21(29-4)13-11-19;1-5-21-23(19-8-6-7-16(2)15-19)22(24(25)27)17(3)26(21)14-13-18-9-11-20(28-4)12-10-18;1-4-20-22(18-7-5-6-15(2)14-18)21(23(24)27)16(3)25(20)13-12-17-8-10-19(26)11-9-17/h6,8-13,16H,5,7,14-15H2,1-4H3,(H2,26,28);6-12,15H,5,13-14H2,1-4H3,(H2,25,27);5-11,14,26H,4,12-13H2,1-3H3,(H2,24,27). The normalized spacial score (nSPS) is 10.9. The fourth-order valence-corrected chi connectivity index (χ4v) is 11.7. The average Bonchev–Trinajstić information content (AvgIpc) is 2.49. The summed E-state index contributed by atoms with van der Waals surface area (Å²) in [6.07, 6.45) is 6.11. The first-order valence-electron chi connectivity index (χ1n) is 29.1. The molecule has 0 radical (unpaired) electrons. The first-order valence-corrected chi connectivity index (χ1v) is 29.1. The maximum atomic E-state index is 12.4. The number of amides is 3. The average molecular weight is 1130 g/mol. The number of ether oxygens (including phenoxy) is 2. The van der Waals surface area contributed by atoms with Crippen molar-refractivity contribution in [2.24, 2.45) is 17.2 Å². The van der Waals surface area contributed by atoms with Crippen LogP contribution < -0.4 is 26.7 Å². The van der Waals surface area contributed by atoms with E-state index in [1.54, 1.807) is 26.4 Å². The maximum absolute atomic E-state index is 12.4. The van der Waals surface area contributed by atoms with Crippen molar-refractivity contribution in [3.8, 4) is 50.6 Å². The van der Waals surface area contributed by atoms with Gasteiger partial charge in [-0.15, -0.1) is 0 Å². The number of phenolic OH excluding ortho intramolecular Hbond substituents is 1. The summed E-state index contributed by atoms with van der Waals surface area (Å²) in [6.45, 7) is 20.9. The lowest BCUT2D eigenvalue weighted by Crippen LogP contribution is -2.14.